The van der Waals surface area contributed by atoms with E-state index >= 15 is 0 Å². The van der Waals surface area contributed by atoms with Crippen LogP contribution in [-0.4, -0.2) is 14.2 Å². The summed E-state index contributed by atoms with van der Waals surface area (Å²) in [5.41, 5.74) is 0.672. The van der Waals surface area contributed by atoms with Crippen LogP contribution < -0.4 is 9.47 Å². The van der Waals surface area contributed by atoms with Crippen molar-refractivity contribution in [3.8, 4) is 11.5 Å². The minimum atomic E-state index is -0.375. The number of ether oxygens (including phenoxy) is 2. The number of rotatable bonds is 4. The molecule has 1 aromatic carbocycles. The lowest BCUT2D eigenvalue weighted by atomic mass is 10.0. The third-order valence-electron chi connectivity index (χ3n) is 5.23. The van der Waals surface area contributed by atoms with Crippen molar-refractivity contribution in [1.29, 1.82) is 0 Å². The van der Waals surface area contributed by atoms with E-state index < -0.39 is 0 Å². The van der Waals surface area contributed by atoms with Crippen LogP contribution in [0.2, 0.25) is 0 Å². The molecule has 0 amide bonds. The molecule has 1 atom stereocenters. The summed E-state index contributed by atoms with van der Waals surface area (Å²) in [5.74, 6) is 0.767. The quantitative estimate of drug-likeness (QED) is 0.743. The molecule has 0 radical (unpaired) electrons. The van der Waals surface area contributed by atoms with Crippen molar-refractivity contribution in [2.45, 2.75) is 33.1 Å². The molecule has 1 aliphatic carbocycles. The van der Waals surface area contributed by atoms with E-state index in [0.717, 1.165) is 0 Å². The monoisotopic (exact) mass is 300 g/mol. The van der Waals surface area contributed by atoms with Gasteiger partial charge in [-0.05, 0) is 22.8 Å². The van der Waals surface area contributed by atoms with Crippen LogP contribution in [0.5, 0.6) is 11.5 Å². The predicted molar refractivity (Wildman–Crippen MR) is 79.2 cm³/mol. The first-order valence-electron chi connectivity index (χ1n) is 6.74. The molecule has 20 heavy (non-hydrogen) atoms. The molecule has 0 aliphatic heterocycles. The fraction of sp³-hybridized carbons (Fsp3) is 0.625. The van der Waals surface area contributed by atoms with Gasteiger partial charge in [-0.1, -0.05) is 27.7 Å². The van der Waals surface area contributed by atoms with Crippen molar-refractivity contribution in [3.63, 3.8) is 0 Å². The lowest BCUT2D eigenvalue weighted by Crippen LogP contribution is -2.04. The zero-order chi connectivity index (χ0) is 15.3. The van der Waals surface area contributed by atoms with E-state index in [0.29, 0.717) is 17.1 Å². The molecule has 1 fully saturated rings. The molecule has 1 aliphatic rings. The Morgan fingerprint density at radius 1 is 1.05 bits per heavy atom. The summed E-state index contributed by atoms with van der Waals surface area (Å²) in [5, 5.41) is -0.375. The Morgan fingerprint density at radius 3 is 1.90 bits per heavy atom. The van der Waals surface area contributed by atoms with Gasteiger partial charge in [0.1, 0.15) is 5.82 Å². The van der Waals surface area contributed by atoms with Gasteiger partial charge in [-0.2, -0.15) is 0 Å². The molecule has 0 bridgehead atoms. The van der Waals surface area contributed by atoms with Crippen molar-refractivity contribution >= 4 is 11.6 Å². The topological polar surface area (TPSA) is 18.5 Å². The number of methoxy groups -OCH3 is 2. The summed E-state index contributed by atoms with van der Waals surface area (Å²) < 4.78 is 24.6. The standard InChI is InChI=1S/C16H22ClFO2/c1-15(2)14(16(15,3)4)13(17)9-7-11(19-5)12(20-6)8-10(9)18/h7-8,13-14H,1-6H3. The van der Waals surface area contributed by atoms with Gasteiger partial charge in [0.25, 0.3) is 0 Å². The van der Waals surface area contributed by atoms with Gasteiger partial charge in [0.15, 0.2) is 11.5 Å². The molecular formula is C16H22ClFO2. The van der Waals surface area contributed by atoms with Gasteiger partial charge >= 0.3 is 0 Å². The van der Waals surface area contributed by atoms with E-state index in [1.165, 1.54) is 20.3 Å². The first kappa shape index (κ1) is 15.4. The summed E-state index contributed by atoms with van der Waals surface area (Å²) in [6, 6.07) is 2.99. The molecule has 0 aromatic heterocycles. The lowest BCUT2D eigenvalue weighted by Gasteiger charge is -2.16. The zero-order valence-electron chi connectivity index (χ0n) is 12.9. The molecule has 112 valence electrons. The molecule has 0 spiro atoms. The van der Waals surface area contributed by atoms with Gasteiger partial charge < -0.3 is 9.47 Å². The Kier molecular flexibility index (Phi) is 3.70. The summed E-state index contributed by atoms with van der Waals surface area (Å²) in [6.07, 6.45) is 0. The van der Waals surface area contributed by atoms with Crippen molar-refractivity contribution < 1.29 is 13.9 Å². The second-order valence-electron chi connectivity index (χ2n) is 6.55. The van der Waals surface area contributed by atoms with Crippen LogP contribution in [0.15, 0.2) is 12.1 Å². The van der Waals surface area contributed by atoms with E-state index in [1.807, 2.05) is 0 Å². The highest BCUT2D eigenvalue weighted by Gasteiger charge is 2.67. The van der Waals surface area contributed by atoms with Crippen molar-refractivity contribution in [2.24, 2.45) is 16.7 Å². The average Bonchev–Trinajstić information content (AvgIpc) is 2.78. The van der Waals surface area contributed by atoms with E-state index in [2.05, 4.69) is 27.7 Å². The van der Waals surface area contributed by atoms with Crippen LogP contribution >= 0.6 is 11.6 Å². The maximum atomic E-state index is 14.3. The third kappa shape index (κ3) is 2.07. The first-order chi connectivity index (χ1) is 9.18. The minimum absolute atomic E-state index is 0.0962. The maximum Gasteiger partial charge on any atom is 0.163 e. The van der Waals surface area contributed by atoms with E-state index in [9.17, 15) is 4.39 Å². The summed E-state index contributed by atoms with van der Waals surface area (Å²) in [6.45, 7) is 8.69. The highest BCUT2D eigenvalue weighted by Crippen LogP contribution is 2.73. The molecule has 1 unspecified atom stereocenters. The summed E-state index contributed by atoms with van der Waals surface area (Å²) in [7, 11) is 3.02. The van der Waals surface area contributed by atoms with Crippen LogP contribution in [0.25, 0.3) is 0 Å². The Hall–Kier alpha value is -0.960. The normalized spacial score (nSPS) is 21.4. The molecule has 2 nitrogen and oxygen atoms in total. The molecule has 0 N–H and O–H groups in total. The van der Waals surface area contributed by atoms with E-state index in [-0.39, 0.29) is 27.9 Å². The molecule has 2 rings (SSSR count). The number of hydrogen-bond donors (Lipinski definition) is 0. The smallest absolute Gasteiger partial charge is 0.163 e. The van der Waals surface area contributed by atoms with Crippen molar-refractivity contribution in [3.05, 3.63) is 23.5 Å². The summed E-state index contributed by atoms with van der Waals surface area (Å²) >= 11 is 6.57. The van der Waals surface area contributed by atoms with Crippen molar-refractivity contribution in [1.82, 2.24) is 0 Å². The summed E-state index contributed by atoms with van der Waals surface area (Å²) in [4.78, 5) is 0. The van der Waals surface area contributed by atoms with Crippen molar-refractivity contribution in [2.75, 3.05) is 14.2 Å². The van der Waals surface area contributed by atoms with Gasteiger partial charge in [-0.15, -0.1) is 11.6 Å². The van der Waals surface area contributed by atoms with E-state index in [1.54, 1.807) is 6.07 Å². The number of halogens is 2. The molecule has 1 aromatic rings. The van der Waals surface area contributed by atoms with Crippen LogP contribution in [0, 0.1) is 22.6 Å². The maximum absolute atomic E-state index is 14.3. The largest absolute Gasteiger partial charge is 0.493 e. The van der Waals surface area contributed by atoms with Gasteiger partial charge in [0, 0.05) is 11.6 Å². The fourth-order valence-electron chi connectivity index (χ4n) is 3.24. The highest BCUT2D eigenvalue weighted by molar-refractivity contribution is 6.21. The molecular weight excluding hydrogens is 279 g/mol. The second-order valence-corrected chi connectivity index (χ2v) is 7.02. The predicted octanol–water partition coefficient (Wildman–Crippen LogP) is 4.81. The molecule has 1 saturated carbocycles. The highest BCUT2D eigenvalue weighted by atomic mass is 35.5. The van der Waals surface area contributed by atoms with E-state index in [4.69, 9.17) is 21.1 Å². The third-order valence-corrected chi connectivity index (χ3v) is 5.71. The zero-order valence-corrected chi connectivity index (χ0v) is 13.6. The van der Waals surface area contributed by atoms with Gasteiger partial charge in [-0.3, -0.25) is 0 Å². The molecule has 4 heteroatoms. The number of alkyl halides is 1. The lowest BCUT2D eigenvalue weighted by molar-refractivity contribution is 0.351. The average molecular weight is 301 g/mol. The van der Waals surface area contributed by atoms with Crippen LogP contribution in [0.3, 0.4) is 0 Å². The Morgan fingerprint density at radius 2 is 1.50 bits per heavy atom. The fourth-order valence-corrected chi connectivity index (χ4v) is 4.04. The molecule has 0 heterocycles. The molecule has 0 saturated heterocycles. The first-order valence-corrected chi connectivity index (χ1v) is 7.17. The Labute approximate surface area is 125 Å². The number of hydrogen-bond acceptors (Lipinski definition) is 2. The Balaban J connectivity index is 2.39. The Bertz CT molecular complexity index is 511. The van der Waals surface area contributed by atoms with Gasteiger partial charge in [0.05, 0.1) is 19.6 Å². The second kappa shape index (κ2) is 4.80. The minimum Gasteiger partial charge on any atom is -0.493 e. The van der Waals surface area contributed by atoms with Crippen LogP contribution in [-0.2, 0) is 0 Å². The SMILES string of the molecule is COc1cc(F)c(C(Cl)C2C(C)(C)C2(C)C)cc1OC. The van der Waals surface area contributed by atoms with Crippen LogP contribution in [0.4, 0.5) is 4.39 Å². The van der Waals surface area contributed by atoms with Gasteiger partial charge in [0.2, 0.25) is 0 Å². The van der Waals surface area contributed by atoms with Gasteiger partial charge in [-0.25, -0.2) is 4.39 Å². The van der Waals surface area contributed by atoms with Crippen LogP contribution in [0.1, 0.15) is 38.6 Å². The number of benzene rings is 1.